The molecule has 5 nitrogen and oxygen atoms in total. The Bertz CT molecular complexity index is 768. The van der Waals surface area contributed by atoms with Gasteiger partial charge in [0.1, 0.15) is 17.5 Å². The van der Waals surface area contributed by atoms with Crippen molar-refractivity contribution >= 4 is 0 Å². The topological polar surface area (TPSA) is 59.4 Å². The molecular weight excluding hydrogens is 269 g/mol. The van der Waals surface area contributed by atoms with Gasteiger partial charge >= 0.3 is 0 Å². The van der Waals surface area contributed by atoms with E-state index in [9.17, 15) is 4.39 Å². The average molecular weight is 285 g/mol. The number of H-pyrrole nitrogens is 1. The van der Waals surface area contributed by atoms with Crippen LogP contribution in [0, 0.1) is 12.7 Å². The lowest BCUT2D eigenvalue weighted by atomic mass is 10.1. The number of aromatic amines is 1. The number of imidazole rings is 1. The molecule has 0 amide bonds. The highest BCUT2D eigenvalue weighted by atomic mass is 19.1. The van der Waals surface area contributed by atoms with Crippen LogP contribution in [0.25, 0.3) is 22.6 Å². The van der Waals surface area contributed by atoms with Crippen LogP contribution in [0.3, 0.4) is 0 Å². The molecule has 0 saturated carbocycles. The molecule has 1 aromatic carbocycles. The Morgan fingerprint density at radius 2 is 2.14 bits per heavy atom. The quantitative estimate of drug-likeness (QED) is 0.805. The van der Waals surface area contributed by atoms with Gasteiger partial charge < -0.3 is 4.98 Å². The van der Waals surface area contributed by atoms with Gasteiger partial charge in [-0.15, -0.1) is 0 Å². The molecule has 0 saturated heterocycles. The summed E-state index contributed by atoms with van der Waals surface area (Å²) in [7, 11) is 1.81. The van der Waals surface area contributed by atoms with Gasteiger partial charge in [0.15, 0.2) is 5.82 Å². The maximum absolute atomic E-state index is 14.3. The predicted molar refractivity (Wildman–Crippen MR) is 78.1 cm³/mol. The Hall–Kier alpha value is -2.50. The zero-order chi connectivity index (χ0) is 15.0. The number of nitrogens with one attached hydrogen (secondary N) is 1. The largest absolute Gasteiger partial charge is 0.342 e. The first-order chi connectivity index (χ1) is 10.1. The molecule has 0 aliphatic rings. The van der Waals surface area contributed by atoms with E-state index in [-0.39, 0.29) is 5.82 Å². The van der Waals surface area contributed by atoms with E-state index >= 15 is 0 Å². The maximum Gasteiger partial charge on any atom is 0.181 e. The minimum absolute atomic E-state index is 0.316. The molecule has 1 N–H and O–H groups in total. The highest BCUT2D eigenvalue weighted by Gasteiger charge is 2.12. The lowest BCUT2D eigenvalue weighted by molar-refractivity contribution is 0.631. The number of hydrogen-bond donors (Lipinski definition) is 1. The molecule has 6 heteroatoms. The fourth-order valence-electron chi connectivity index (χ4n) is 2.14. The zero-order valence-electron chi connectivity index (χ0n) is 12.2. The van der Waals surface area contributed by atoms with Gasteiger partial charge in [0, 0.05) is 24.6 Å². The third-order valence-corrected chi connectivity index (χ3v) is 3.46. The second-order valence-corrected chi connectivity index (χ2v) is 4.90. The molecule has 3 aromatic rings. The van der Waals surface area contributed by atoms with Gasteiger partial charge in [-0.2, -0.15) is 5.10 Å². The van der Waals surface area contributed by atoms with Gasteiger partial charge in [-0.05, 0) is 19.1 Å². The van der Waals surface area contributed by atoms with Crippen molar-refractivity contribution in [3.63, 3.8) is 0 Å². The number of aromatic nitrogens is 5. The Labute approximate surface area is 121 Å². The van der Waals surface area contributed by atoms with E-state index in [2.05, 4.69) is 20.1 Å². The second-order valence-electron chi connectivity index (χ2n) is 4.90. The van der Waals surface area contributed by atoms with Crippen LogP contribution in [-0.2, 0) is 13.5 Å². The Kier molecular flexibility index (Phi) is 3.29. The summed E-state index contributed by atoms with van der Waals surface area (Å²) in [5.41, 5.74) is 1.84. The molecule has 0 fully saturated rings. The van der Waals surface area contributed by atoms with Crippen molar-refractivity contribution < 1.29 is 4.39 Å². The van der Waals surface area contributed by atoms with Crippen LogP contribution < -0.4 is 0 Å². The first-order valence-corrected chi connectivity index (χ1v) is 6.80. The van der Waals surface area contributed by atoms with E-state index < -0.39 is 0 Å². The molecule has 21 heavy (non-hydrogen) atoms. The van der Waals surface area contributed by atoms with Crippen molar-refractivity contribution in [2.45, 2.75) is 20.3 Å². The number of aryl methyl sites for hydroxylation is 3. The fourth-order valence-corrected chi connectivity index (χ4v) is 2.14. The number of nitrogens with zero attached hydrogens (tertiary/aromatic N) is 4. The highest BCUT2D eigenvalue weighted by molar-refractivity contribution is 5.65. The molecule has 0 bridgehead atoms. The minimum atomic E-state index is -0.316. The van der Waals surface area contributed by atoms with Gasteiger partial charge in [-0.1, -0.05) is 13.0 Å². The van der Waals surface area contributed by atoms with Crippen LogP contribution in [0.1, 0.15) is 18.6 Å². The third kappa shape index (κ3) is 2.44. The van der Waals surface area contributed by atoms with Gasteiger partial charge in [0.2, 0.25) is 0 Å². The molecule has 0 radical (unpaired) electrons. The van der Waals surface area contributed by atoms with E-state index in [4.69, 9.17) is 0 Å². The summed E-state index contributed by atoms with van der Waals surface area (Å²) >= 11 is 0. The van der Waals surface area contributed by atoms with Crippen LogP contribution >= 0.6 is 0 Å². The van der Waals surface area contributed by atoms with E-state index in [1.807, 2.05) is 27.0 Å². The molecule has 108 valence electrons. The van der Waals surface area contributed by atoms with Crippen molar-refractivity contribution in [1.82, 2.24) is 24.7 Å². The van der Waals surface area contributed by atoms with Crippen LogP contribution in [0.5, 0.6) is 0 Å². The van der Waals surface area contributed by atoms with Crippen molar-refractivity contribution in [2.24, 2.45) is 7.05 Å². The second kappa shape index (κ2) is 5.12. The summed E-state index contributed by atoms with van der Waals surface area (Å²) < 4.78 is 16.0. The van der Waals surface area contributed by atoms with E-state index in [0.29, 0.717) is 22.6 Å². The number of benzene rings is 1. The van der Waals surface area contributed by atoms with Gasteiger partial charge in [-0.25, -0.2) is 14.4 Å². The molecule has 0 spiro atoms. The van der Waals surface area contributed by atoms with Gasteiger partial charge in [-0.3, -0.25) is 4.68 Å². The molecular formula is C15H16FN5. The lowest BCUT2D eigenvalue weighted by Crippen LogP contribution is -1.93. The summed E-state index contributed by atoms with van der Waals surface area (Å²) in [6.07, 6.45) is 2.44. The molecule has 0 aliphatic carbocycles. The Balaban J connectivity index is 1.99. The summed E-state index contributed by atoms with van der Waals surface area (Å²) in [5, 5.41) is 4.26. The SMILES string of the molecule is CCc1ncc(-c2ccc(-c3nc(C)n(C)n3)cc2F)[nH]1. The predicted octanol–water partition coefficient (Wildman–Crippen LogP) is 2.88. The van der Waals surface area contributed by atoms with Crippen LogP contribution in [0.4, 0.5) is 4.39 Å². The smallest absolute Gasteiger partial charge is 0.181 e. The minimum Gasteiger partial charge on any atom is -0.342 e. The van der Waals surface area contributed by atoms with Crippen LogP contribution in [0.15, 0.2) is 24.4 Å². The number of halogens is 1. The Morgan fingerprint density at radius 3 is 2.71 bits per heavy atom. The van der Waals surface area contributed by atoms with Gasteiger partial charge in [0.05, 0.1) is 11.9 Å². The first kappa shape index (κ1) is 13.5. The van der Waals surface area contributed by atoms with E-state index in [1.165, 1.54) is 6.07 Å². The molecule has 0 atom stereocenters. The molecule has 2 aromatic heterocycles. The zero-order valence-corrected chi connectivity index (χ0v) is 12.2. The first-order valence-electron chi connectivity index (χ1n) is 6.80. The Morgan fingerprint density at radius 1 is 1.33 bits per heavy atom. The van der Waals surface area contributed by atoms with Crippen molar-refractivity contribution in [3.8, 4) is 22.6 Å². The fraction of sp³-hybridized carbons (Fsp3) is 0.267. The summed E-state index contributed by atoms with van der Waals surface area (Å²) in [4.78, 5) is 11.6. The van der Waals surface area contributed by atoms with Gasteiger partial charge in [0.25, 0.3) is 0 Å². The molecule has 0 unspecified atom stereocenters. The lowest BCUT2D eigenvalue weighted by Gasteiger charge is -2.02. The maximum atomic E-state index is 14.3. The van der Waals surface area contributed by atoms with Crippen LogP contribution in [0.2, 0.25) is 0 Å². The monoisotopic (exact) mass is 285 g/mol. The summed E-state index contributed by atoms with van der Waals surface area (Å²) in [6, 6.07) is 5.00. The summed E-state index contributed by atoms with van der Waals surface area (Å²) in [6.45, 7) is 3.86. The van der Waals surface area contributed by atoms with E-state index in [1.54, 1.807) is 16.9 Å². The molecule has 0 aliphatic heterocycles. The van der Waals surface area contributed by atoms with Crippen molar-refractivity contribution in [1.29, 1.82) is 0 Å². The van der Waals surface area contributed by atoms with Crippen LogP contribution in [-0.4, -0.2) is 24.7 Å². The highest BCUT2D eigenvalue weighted by Crippen LogP contribution is 2.25. The normalized spacial score (nSPS) is 11.0. The van der Waals surface area contributed by atoms with Crippen molar-refractivity contribution in [3.05, 3.63) is 41.9 Å². The number of hydrogen-bond acceptors (Lipinski definition) is 3. The van der Waals surface area contributed by atoms with Crippen molar-refractivity contribution in [2.75, 3.05) is 0 Å². The molecule has 3 rings (SSSR count). The third-order valence-electron chi connectivity index (χ3n) is 3.46. The molecule has 2 heterocycles. The number of rotatable bonds is 3. The standard InChI is InChI=1S/C15H16FN5/c1-4-14-17-8-13(19-14)11-6-5-10(7-12(11)16)15-18-9(2)21(3)20-15/h5-8H,4H2,1-3H3,(H,17,19). The summed E-state index contributed by atoms with van der Waals surface area (Å²) in [5.74, 6) is 1.84. The van der Waals surface area contributed by atoms with E-state index in [0.717, 1.165) is 18.1 Å². The average Bonchev–Trinajstić information content (AvgIpc) is 3.06.